The Morgan fingerprint density at radius 2 is 1.83 bits per heavy atom. The predicted molar refractivity (Wildman–Crippen MR) is 92.4 cm³/mol. The van der Waals surface area contributed by atoms with E-state index in [1.54, 1.807) is 13.8 Å². The van der Waals surface area contributed by atoms with E-state index in [0.29, 0.717) is 11.8 Å². The first-order chi connectivity index (χ1) is 11.2. The Hall–Kier alpha value is -1.10. The molecule has 0 aromatic rings. The minimum absolute atomic E-state index is 0.0492. The van der Waals surface area contributed by atoms with Crippen molar-refractivity contribution in [3.63, 3.8) is 0 Å². The lowest BCUT2D eigenvalue weighted by molar-refractivity contribution is -0.215. The molecule has 1 aliphatic carbocycles. The highest BCUT2D eigenvalue weighted by molar-refractivity contribution is 5.74. The molecule has 3 aliphatic rings. The Labute approximate surface area is 145 Å². The van der Waals surface area contributed by atoms with Crippen molar-refractivity contribution in [1.82, 2.24) is 10.2 Å². The van der Waals surface area contributed by atoms with Gasteiger partial charge < -0.3 is 15.0 Å². The summed E-state index contributed by atoms with van der Waals surface area (Å²) in [6.07, 6.45) is 6.25. The first kappa shape index (κ1) is 17.7. The van der Waals surface area contributed by atoms with E-state index in [2.05, 4.69) is 19.2 Å². The molecule has 4 atom stereocenters. The van der Waals surface area contributed by atoms with Crippen molar-refractivity contribution < 1.29 is 14.3 Å². The normalized spacial score (nSPS) is 38.5. The summed E-state index contributed by atoms with van der Waals surface area (Å²) in [5.41, 5.74) is -0.394. The summed E-state index contributed by atoms with van der Waals surface area (Å²) in [7, 11) is 0. The van der Waals surface area contributed by atoms with E-state index in [-0.39, 0.29) is 29.1 Å². The fourth-order valence-electron chi connectivity index (χ4n) is 5.41. The number of piperidine rings is 1. The standard InChI is InChI=1S/C19H32N2O3/c1-13-5-6-16-17(11-13)24-19(12-18(16,4)20-14(2)22)7-9-21(10-8-19)15(3)23/h13,16-17H,5-12H2,1-4H3,(H,20,22)/t13-,16-,17-,18-/m1/s1. The van der Waals surface area contributed by atoms with Gasteiger partial charge in [-0.25, -0.2) is 0 Å². The highest BCUT2D eigenvalue weighted by atomic mass is 16.5. The van der Waals surface area contributed by atoms with Gasteiger partial charge in [0.2, 0.25) is 11.8 Å². The van der Waals surface area contributed by atoms with Gasteiger partial charge in [-0.3, -0.25) is 9.59 Å². The lowest BCUT2D eigenvalue weighted by Gasteiger charge is -2.58. The highest BCUT2D eigenvalue weighted by Gasteiger charge is 2.55. The van der Waals surface area contributed by atoms with Gasteiger partial charge in [0, 0.05) is 38.4 Å². The second-order valence-electron chi connectivity index (χ2n) is 8.65. The smallest absolute Gasteiger partial charge is 0.219 e. The van der Waals surface area contributed by atoms with Crippen molar-refractivity contribution in [2.75, 3.05) is 13.1 Å². The van der Waals surface area contributed by atoms with Crippen molar-refractivity contribution in [2.24, 2.45) is 11.8 Å². The van der Waals surface area contributed by atoms with E-state index in [1.165, 1.54) is 6.42 Å². The summed E-state index contributed by atoms with van der Waals surface area (Å²) in [6, 6.07) is 0. The van der Waals surface area contributed by atoms with Crippen molar-refractivity contribution in [1.29, 1.82) is 0 Å². The number of carbonyl (C=O) groups excluding carboxylic acids is 2. The van der Waals surface area contributed by atoms with E-state index in [4.69, 9.17) is 4.74 Å². The molecule has 136 valence electrons. The zero-order chi connectivity index (χ0) is 17.5. The third kappa shape index (κ3) is 3.32. The Balaban J connectivity index is 1.82. The Bertz CT molecular complexity index is 513. The fourth-order valence-corrected chi connectivity index (χ4v) is 5.41. The van der Waals surface area contributed by atoms with Crippen LogP contribution in [-0.2, 0) is 14.3 Å². The number of rotatable bonds is 1. The van der Waals surface area contributed by atoms with Crippen molar-refractivity contribution in [3.05, 3.63) is 0 Å². The monoisotopic (exact) mass is 336 g/mol. The molecule has 2 saturated heterocycles. The van der Waals surface area contributed by atoms with Crippen LogP contribution in [0.4, 0.5) is 0 Å². The van der Waals surface area contributed by atoms with Crippen molar-refractivity contribution in [2.45, 2.75) is 83.5 Å². The van der Waals surface area contributed by atoms with E-state index < -0.39 is 0 Å². The molecule has 3 fully saturated rings. The molecule has 1 spiro atoms. The SMILES string of the molecule is CC(=O)N[C@]1(C)CC2(CCN(C(C)=O)CC2)O[C@@H]2C[C@H](C)CC[C@H]21. The van der Waals surface area contributed by atoms with Crippen LogP contribution in [0.1, 0.15) is 66.2 Å². The van der Waals surface area contributed by atoms with Crippen LogP contribution in [0.3, 0.4) is 0 Å². The number of amides is 2. The number of nitrogens with zero attached hydrogens (tertiary/aromatic N) is 1. The van der Waals surface area contributed by atoms with E-state index in [0.717, 1.165) is 45.2 Å². The average Bonchev–Trinajstić information content (AvgIpc) is 2.45. The van der Waals surface area contributed by atoms with E-state index >= 15 is 0 Å². The summed E-state index contributed by atoms with van der Waals surface area (Å²) in [6.45, 7) is 9.29. The minimum atomic E-state index is -0.201. The number of hydrogen-bond acceptors (Lipinski definition) is 3. The van der Waals surface area contributed by atoms with Crippen LogP contribution in [-0.4, -0.2) is 47.0 Å². The predicted octanol–water partition coefficient (Wildman–Crippen LogP) is 2.49. The molecule has 5 nitrogen and oxygen atoms in total. The maximum absolute atomic E-state index is 11.9. The molecular formula is C19H32N2O3. The topological polar surface area (TPSA) is 58.6 Å². The Morgan fingerprint density at radius 3 is 2.42 bits per heavy atom. The summed E-state index contributed by atoms with van der Waals surface area (Å²) in [4.78, 5) is 25.4. The molecule has 0 aromatic carbocycles. The molecule has 3 rings (SSSR count). The maximum Gasteiger partial charge on any atom is 0.219 e. The van der Waals surface area contributed by atoms with Gasteiger partial charge in [-0.15, -0.1) is 0 Å². The summed E-state index contributed by atoms with van der Waals surface area (Å²) < 4.78 is 6.71. The lowest BCUT2D eigenvalue weighted by Crippen LogP contribution is -2.66. The molecule has 2 amide bonds. The molecule has 1 N–H and O–H groups in total. The molecule has 2 aliphatic heterocycles. The molecule has 5 heteroatoms. The third-order valence-corrected chi connectivity index (χ3v) is 6.54. The van der Waals surface area contributed by atoms with Gasteiger partial charge in [-0.05, 0) is 44.9 Å². The molecule has 0 aromatic heterocycles. The molecule has 0 unspecified atom stereocenters. The first-order valence-electron chi connectivity index (χ1n) is 9.45. The third-order valence-electron chi connectivity index (χ3n) is 6.54. The zero-order valence-corrected chi connectivity index (χ0v) is 15.6. The molecule has 1 saturated carbocycles. The quantitative estimate of drug-likeness (QED) is 0.800. The second-order valence-corrected chi connectivity index (χ2v) is 8.65. The number of likely N-dealkylation sites (tertiary alicyclic amines) is 1. The van der Waals surface area contributed by atoms with Crippen LogP contribution in [0.2, 0.25) is 0 Å². The number of ether oxygens (including phenoxy) is 1. The fraction of sp³-hybridized carbons (Fsp3) is 0.895. The average molecular weight is 336 g/mol. The summed E-state index contributed by atoms with van der Waals surface area (Å²) in [5, 5.41) is 3.28. The molecule has 24 heavy (non-hydrogen) atoms. The van der Waals surface area contributed by atoms with E-state index in [1.807, 2.05) is 4.90 Å². The Morgan fingerprint density at radius 1 is 1.17 bits per heavy atom. The van der Waals surface area contributed by atoms with Crippen LogP contribution < -0.4 is 5.32 Å². The highest BCUT2D eigenvalue weighted by Crippen LogP contribution is 2.50. The molecule has 2 heterocycles. The number of nitrogens with one attached hydrogen (secondary N) is 1. The Kier molecular flexibility index (Phi) is 4.67. The van der Waals surface area contributed by atoms with Gasteiger partial charge in [0.1, 0.15) is 0 Å². The summed E-state index contributed by atoms with van der Waals surface area (Å²) >= 11 is 0. The van der Waals surface area contributed by atoms with Crippen LogP contribution in [0.25, 0.3) is 0 Å². The number of hydrogen-bond donors (Lipinski definition) is 1. The van der Waals surface area contributed by atoms with Gasteiger partial charge in [-0.1, -0.05) is 13.3 Å². The first-order valence-corrected chi connectivity index (χ1v) is 9.45. The maximum atomic E-state index is 11.9. The largest absolute Gasteiger partial charge is 0.371 e. The van der Waals surface area contributed by atoms with Gasteiger partial charge in [0.05, 0.1) is 11.7 Å². The van der Waals surface area contributed by atoms with Crippen molar-refractivity contribution in [3.8, 4) is 0 Å². The van der Waals surface area contributed by atoms with Gasteiger partial charge in [-0.2, -0.15) is 0 Å². The van der Waals surface area contributed by atoms with Gasteiger partial charge in [0.15, 0.2) is 0 Å². The van der Waals surface area contributed by atoms with Crippen LogP contribution in [0, 0.1) is 11.8 Å². The number of fused-ring (bicyclic) bond motifs is 1. The van der Waals surface area contributed by atoms with Gasteiger partial charge in [0.25, 0.3) is 0 Å². The van der Waals surface area contributed by atoms with Crippen LogP contribution in [0.5, 0.6) is 0 Å². The van der Waals surface area contributed by atoms with Crippen LogP contribution >= 0.6 is 0 Å². The zero-order valence-electron chi connectivity index (χ0n) is 15.6. The summed E-state index contributed by atoms with van der Waals surface area (Å²) in [5.74, 6) is 1.27. The number of carbonyl (C=O) groups is 2. The van der Waals surface area contributed by atoms with Gasteiger partial charge >= 0.3 is 0 Å². The molecule has 0 bridgehead atoms. The van der Waals surface area contributed by atoms with Crippen molar-refractivity contribution >= 4 is 11.8 Å². The molecule has 0 radical (unpaired) electrons. The second kappa shape index (κ2) is 6.32. The minimum Gasteiger partial charge on any atom is -0.371 e. The van der Waals surface area contributed by atoms with E-state index in [9.17, 15) is 9.59 Å². The lowest BCUT2D eigenvalue weighted by atomic mass is 9.63. The van der Waals surface area contributed by atoms with Crippen LogP contribution in [0.15, 0.2) is 0 Å². The molecular weight excluding hydrogens is 304 g/mol.